The van der Waals surface area contributed by atoms with Crippen molar-refractivity contribution in [2.45, 2.75) is 0 Å². The minimum atomic E-state index is -0.439. The number of methoxy groups -OCH3 is 1. The summed E-state index contributed by atoms with van der Waals surface area (Å²) in [4.78, 5) is 24.6. The third-order valence-corrected chi connectivity index (χ3v) is 3.79. The number of rotatable bonds is 5. The number of hydrogen-bond acceptors (Lipinski definition) is 4. The van der Waals surface area contributed by atoms with Crippen molar-refractivity contribution in [3.8, 4) is 0 Å². The molecular formula is C21H18N2O3. The molecule has 0 heterocycles. The van der Waals surface area contributed by atoms with Gasteiger partial charge in [0, 0.05) is 5.56 Å². The van der Waals surface area contributed by atoms with Crippen LogP contribution >= 0.6 is 0 Å². The molecule has 0 aliphatic heterocycles. The fourth-order valence-corrected chi connectivity index (χ4v) is 2.45. The molecule has 5 heteroatoms. The number of ether oxygens (including phenoxy) is 1. The maximum Gasteiger partial charge on any atom is 0.337 e. The van der Waals surface area contributed by atoms with Crippen LogP contribution in [0.5, 0.6) is 0 Å². The molecule has 26 heavy (non-hydrogen) atoms. The number of nitrogens with zero attached hydrogens (tertiary/aromatic N) is 1. The first-order chi connectivity index (χ1) is 12.7. The van der Waals surface area contributed by atoms with E-state index in [1.807, 2.05) is 60.7 Å². The number of anilines is 2. The van der Waals surface area contributed by atoms with Crippen molar-refractivity contribution in [3.63, 3.8) is 0 Å². The molecule has 0 radical (unpaired) electrons. The number of para-hydroxylation sites is 2. The van der Waals surface area contributed by atoms with Crippen LogP contribution in [0.1, 0.15) is 20.7 Å². The van der Waals surface area contributed by atoms with E-state index in [1.54, 1.807) is 24.3 Å². The van der Waals surface area contributed by atoms with Crippen molar-refractivity contribution in [2.75, 3.05) is 17.5 Å². The van der Waals surface area contributed by atoms with E-state index in [0.717, 1.165) is 5.69 Å². The van der Waals surface area contributed by atoms with Gasteiger partial charge in [0.05, 0.1) is 24.0 Å². The first-order valence-electron chi connectivity index (χ1n) is 8.08. The number of hydrogen-bond donors (Lipinski definition) is 1. The molecule has 1 amide bonds. The molecule has 0 aliphatic carbocycles. The average molecular weight is 346 g/mol. The molecule has 3 aromatic rings. The fraction of sp³-hybridized carbons (Fsp3) is 0.0476. The molecule has 5 nitrogen and oxygen atoms in total. The van der Waals surface area contributed by atoms with Gasteiger partial charge in [0.25, 0.3) is 5.91 Å². The van der Waals surface area contributed by atoms with Gasteiger partial charge in [0.2, 0.25) is 0 Å². The maximum absolute atomic E-state index is 13.0. The monoisotopic (exact) mass is 346 g/mol. The lowest BCUT2D eigenvalue weighted by Gasteiger charge is -2.24. The number of esters is 1. The van der Waals surface area contributed by atoms with E-state index in [0.29, 0.717) is 16.8 Å². The molecule has 0 bridgehead atoms. The van der Waals surface area contributed by atoms with Crippen molar-refractivity contribution < 1.29 is 14.3 Å². The van der Waals surface area contributed by atoms with Crippen LogP contribution in [0.25, 0.3) is 0 Å². The van der Waals surface area contributed by atoms with Crippen LogP contribution in [-0.2, 0) is 4.74 Å². The first-order valence-corrected chi connectivity index (χ1v) is 8.08. The highest BCUT2D eigenvalue weighted by molar-refractivity contribution is 6.07. The predicted octanol–water partition coefficient (Wildman–Crippen LogP) is 4.15. The van der Waals surface area contributed by atoms with Crippen LogP contribution in [0, 0.1) is 0 Å². The second-order valence-electron chi connectivity index (χ2n) is 5.52. The van der Waals surface area contributed by atoms with Gasteiger partial charge < -0.3 is 4.74 Å². The number of carbonyl (C=O) groups excluding carboxylic acids is 2. The Morgan fingerprint density at radius 2 is 1.31 bits per heavy atom. The number of amides is 1. The van der Waals surface area contributed by atoms with E-state index in [2.05, 4.69) is 10.2 Å². The van der Waals surface area contributed by atoms with E-state index in [1.165, 1.54) is 12.1 Å². The van der Waals surface area contributed by atoms with E-state index < -0.39 is 5.97 Å². The number of benzene rings is 3. The maximum atomic E-state index is 13.0. The predicted molar refractivity (Wildman–Crippen MR) is 101 cm³/mol. The Hall–Kier alpha value is -3.60. The van der Waals surface area contributed by atoms with Crippen LogP contribution in [0.3, 0.4) is 0 Å². The molecule has 3 aromatic carbocycles. The van der Waals surface area contributed by atoms with Crippen LogP contribution < -0.4 is 10.4 Å². The Bertz CT molecular complexity index is 878. The van der Waals surface area contributed by atoms with Gasteiger partial charge in [-0.15, -0.1) is 0 Å². The Labute approximate surface area is 151 Å². The van der Waals surface area contributed by atoms with Gasteiger partial charge in [-0.25, -0.2) is 9.80 Å². The third-order valence-electron chi connectivity index (χ3n) is 3.79. The second-order valence-corrected chi connectivity index (χ2v) is 5.52. The molecule has 0 saturated carbocycles. The van der Waals surface area contributed by atoms with Crippen LogP contribution in [0.15, 0.2) is 84.9 Å². The van der Waals surface area contributed by atoms with Crippen molar-refractivity contribution in [3.05, 3.63) is 96.1 Å². The molecule has 0 fully saturated rings. The summed E-state index contributed by atoms with van der Waals surface area (Å²) in [6, 6.07) is 25.1. The van der Waals surface area contributed by atoms with E-state index in [-0.39, 0.29) is 5.91 Å². The minimum Gasteiger partial charge on any atom is -0.465 e. The van der Waals surface area contributed by atoms with Gasteiger partial charge >= 0.3 is 5.97 Å². The highest BCUT2D eigenvalue weighted by atomic mass is 16.5. The summed E-state index contributed by atoms with van der Waals surface area (Å²) in [5, 5.41) is 1.47. The largest absolute Gasteiger partial charge is 0.465 e. The van der Waals surface area contributed by atoms with Crippen LogP contribution in [0.2, 0.25) is 0 Å². The summed E-state index contributed by atoms with van der Waals surface area (Å²) in [6.45, 7) is 0. The molecule has 0 saturated heterocycles. The lowest BCUT2D eigenvalue weighted by Crippen LogP contribution is -2.36. The Morgan fingerprint density at radius 1 is 0.769 bits per heavy atom. The molecular weight excluding hydrogens is 328 g/mol. The minimum absolute atomic E-state index is 0.239. The third kappa shape index (κ3) is 3.89. The molecule has 0 aromatic heterocycles. The summed E-state index contributed by atoms with van der Waals surface area (Å²) >= 11 is 0. The van der Waals surface area contributed by atoms with Crippen molar-refractivity contribution in [2.24, 2.45) is 0 Å². The fourth-order valence-electron chi connectivity index (χ4n) is 2.45. The highest BCUT2D eigenvalue weighted by Crippen LogP contribution is 2.19. The smallest absolute Gasteiger partial charge is 0.337 e. The summed E-state index contributed by atoms with van der Waals surface area (Å²) in [5.41, 5.74) is 5.47. The van der Waals surface area contributed by atoms with Crippen molar-refractivity contribution in [1.82, 2.24) is 0 Å². The van der Waals surface area contributed by atoms with Gasteiger partial charge in [-0.2, -0.15) is 0 Å². The topological polar surface area (TPSA) is 58.6 Å². The van der Waals surface area contributed by atoms with Gasteiger partial charge in [-0.05, 0) is 48.5 Å². The average Bonchev–Trinajstić information content (AvgIpc) is 2.72. The molecule has 130 valence electrons. The standard InChI is InChI=1S/C21H18N2O3/c1-26-21(25)17-14-12-16(13-15-17)20(24)23(19-10-6-3-7-11-19)22-18-8-4-2-5-9-18/h2-15,22H,1H3. The first kappa shape index (κ1) is 17.2. The van der Waals surface area contributed by atoms with Gasteiger partial charge in [0.1, 0.15) is 0 Å². The zero-order valence-corrected chi connectivity index (χ0v) is 14.3. The Morgan fingerprint density at radius 3 is 1.88 bits per heavy atom. The molecule has 0 aliphatic rings. The Kier molecular flexibility index (Phi) is 5.29. The van der Waals surface area contributed by atoms with Crippen molar-refractivity contribution >= 4 is 23.3 Å². The van der Waals surface area contributed by atoms with Crippen molar-refractivity contribution in [1.29, 1.82) is 0 Å². The van der Waals surface area contributed by atoms with Crippen LogP contribution in [-0.4, -0.2) is 19.0 Å². The lowest BCUT2D eigenvalue weighted by molar-refractivity contribution is 0.0600. The zero-order chi connectivity index (χ0) is 18.4. The molecule has 1 N–H and O–H groups in total. The highest BCUT2D eigenvalue weighted by Gasteiger charge is 2.18. The summed E-state index contributed by atoms with van der Waals surface area (Å²) in [5.74, 6) is -0.678. The molecule has 0 spiro atoms. The number of carbonyl (C=O) groups is 2. The van der Waals surface area contributed by atoms with Crippen LogP contribution in [0.4, 0.5) is 11.4 Å². The van der Waals surface area contributed by atoms with Gasteiger partial charge in [0.15, 0.2) is 0 Å². The van der Waals surface area contributed by atoms with Gasteiger partial charge in [-0.1, -0.05) is 36.4 Å². The van der Waals surface area contributed by atoms with E-state index in [4.69, 9.17) is 0 Å². The Balaban J connectivity index is 1.91. The quantitative estimate of drug-likeness (QED) is 0.557. The molecule has 0 atom stereocenters. The summed E-state index contributed by atoms with van der Waals surface area (Å²) < 4.78 is 4.69. The van der Waals surface area contributed by atoms with E-state index >= 15 is 0 Å². The SMILES string of the molecule is COC(=O)c1ccc(C(=O)N(Nc2ccccc2)c2ccccc2)cc1. The normalized spacial score (nSPS) is 10.0. The lowest BCUT2D eigenvalue weighted by atomic mass is 10.1. The number of hydrazine groups is 1. The molecule has 3 rings (SSSR count). The second kappa shape index (κ2) is 7.98. The number of nitrogens with one attached hydrogen (secondary N) is 1. The zero-order valence-electron chi connectivity index (χ0n) is 14.3. The van der Waals surface area contributed by atoms with Gasteiger partial charge in [-0.3, -0.25) is 10.2 Å². The van der Waals surface area contributed by atoms with E-state index in [9.17, 15) is 9.59 Å². The summed E-state index contributed by atoms with van der Waals surface area (Å²) in [6.07, 6.45) is 0. The summed E-state index contributed by atoms with van der Waals surface area (Å²) in [7, 11) is 1.32. The molecule has 0 unspecified atom stereocenters.